The molecule has 1 aliphatic carbocycles. The number of carbonyl (C=O) groups is 1. The van der Waals surface area contributed by atoms with Gasteiger partial charge in [-0.15, -0.1) is 0 Å². The van der Waals surface area contributed by atoms with Crippen LogP contribution in [-0.4, -0.2) is 35.5 Å². The Kier molecular flexibility index (Phi) is 5.64. The summed E-state index contributed by atoms with van der Waals surface area (Å²) in [6, 6.07) is 5.24. The fraction of sp³-hybridized carbons (Fsp3) is 0.478. The predicted molar refractivity (Wildman–Crippen MR) is 115 cm³/mol. The average molecular weight is 432 g/mol. The van der Waals surface area contributed by atoms with Crippen molar-refractivity contribution in [3.8, 4) is 17.0 Å². The third kappa shape index (κ3) is 3.74. The second kappa shape index (κ2) is 8.08. The lowest BCUT2D eigenvalue weighted by atomic mass is 9.83. The number of carboxylic acids is 1. The summed E-state index contributed by atoms with van der Waals surface area (Å²) in [5.41, 5.74) is 1.88. The van der Waals surface area contributed by atoms with Crippen molar-refractivity contribution in [2.45, 2.75) is 45.3 Å². The average Bonchev–Trinajstić information content (AvgIpc) is 2.66. The van der Waals surface area contributed by atoms with Gasteiger partial charge in [-0.2, -0.15) is 0 Å². The van der Waals surface area contributed by atoms with Crippen LogP contribution in [0, 0.1) is 11.8 Å². The Hall–Kier alpha value is -2.31. The summed E-state index contributed by atoms with van der Waals surface area (Å²) in [7, 11) is 1.73. The molecule has 4 rings (SSSR count). The quantitative estimate of drug-likeness (QED) is 0.732. The van der Waals surface area contributed by atoms with Crippen LogP contribution in [0.15, 0.2) is 29.2 Å². The van der Waals surface area contributed by atoms with Crippen LogP contribution in [0.3, 0.4) is 0 Å². The first-order valence-electron chi connectivity index (χ1n) is 10.3. The number of ether oxygens (including phenoxy) is 2. The van der Waals surface area contributed by atoms with Gasteiger partial charge in [0.15, 0.2) is 5.43 Å². The predicted octanol–water partition coefficient (Wildman–Crippen LogP) is 4.42. The highest BCUT2D eigenvalue weighted by Crippen LogP contribution is 2.42. The highest BCUT2D eigenvalue weighted by molar-refractivity contribution is 6.32. The van der Waals surface area contributed by atoms with E-state index in [0.29, 0.717) is 41.5 Å². The van der Waals surface area contributed by atoms with Crippen molar-refractivity contribution >= 4 is 17.6 Å². The molecular weight excluding hydrogens is 406 g/mol. The molecule has 2 aliphatic rings. The fourth-order valence-corrected chi connectivity index (χ4v) is 4.62. The van der Waals surface area contributed by atoms with E-state index in [9.17, 15) is 14.7 Å². The first-order chi connectivity index (χ1) is 14.3. The van der Waals surface area contributed by atoms with E-state index in [2.05, 4.69) is 13.8 Å². The van der Waals surface area contributed by atoms with Crippen molar-refractivity contribution in [3.63, 3.8) is 0 Å². The molecule has 1 atom stereocenters. The molecule has 7 heteroatoms. The van der Waals surface area contributed by atoms with Crippen molar-refractivity contribution < 1.29 is 19.4 Å². The van der Waals surface area contributed by atoms with Crippen LogP contribution in [0.2, 0.25) is 5.02 Å². The highest BCUT2D eigenvalue weighted by Gasteiger charge is 2.31. The molecule has 30 heavy (non-hydrogen) atoms. The molecule has 0 amide bonds. The van der Waals surface area contributed by atoms with Crippen molar-refractivity contribution in [2.75, 3.05) is 13.7 Å². The molecule has 1 fully saturated rings. The van der Waals surface area contributed by atoms with E-state index >= 15 is 0 Å². The summed E-state index contributed by atoms with van der Waals surface area (Å²) in [5.74, 6) is 0.162. The highest BCUT2D eigenvalue weighted by atomic mass is 35.5. The zero-order chi connectivity index (χ0) is 21.6. The molecule has 2 aromatic rings. The first kappa shape index (κ1) is 20.9. The number of aromatic carboxylic acids is 1. The summed E-state index contributed by atoms with van der Waals surface area (Å²) in [6.45, 7) is 4.78. The molecule has 0 radical (unpaired) electrons. The summed E-state index contributed by atoms with van der Waals surface area (Å²) >= 11 is 6.52. The number of halogens is 1. The van der Waals surface area contributed by atoms with Gasteiger partial charge in [0.2, 0.25) is 0 Å². The van der Waals surface area contributed by atoms with Gasteiger partial charge in [-0.05, 0) is 48.8 Å². The first-order valence-corrected chi connectivity index (χ1v) is 10.6. The van der Waals surface area contributed by atoms with E-state index in [1.807, 2.05) is 16.7 Å². The molecule has 0 spiro atoms. The molecule has 1 aromatic carbocycles. The maximum Gasteiger partial charge on any atom is 0.341 e. The molecule has 6 nitrogen and oxygen atoms in total. The van der Waals surface area contributed by atoms with Crippen LogP contribution in [0.1, 0.15) is 48.7 Å². The van der Waals surface area contributed by atoms with E-state index in [4.69, 9.17) is 21.1 Å². The molecule has 2 heterocycles. The Labute approximate surface area is 180 Å². The number of carboxylic acid groups (broad SMARTS) is 1. The molecule has 160 valence electrons. The monoisotopic (exact) mass is 431 g/mol. The summed E-state index contributed by atoms with van der Waals surface area (Å²) in [4.78, 5) is 23.8. The SMILES string of the molecule is COC1CC(COc2cc3c(cc2Cl)-c2cc(=O)c(C(=O)O)cn2C(C(C)C)C3)C1. The number of hydrogen-bond donors (Lipinski definition) is 1. The van der Waals surface area contributed by atoms with Crippen molar-refractivity contribution in [3.05, 3.63) is 50.8 Å². The molecule has 0 bridgehead atoms. The number of rotatable bonds is 6. The molecule has 1 saturated carbocycles. The van der Waals surface area contributed by atoms with Gasteiger partial charge in [-0.25, -0.2) is 4.79 Å². The number of nitrogens with zero attached hydrogens (tertiary/aromatic N) is 1. The van der Waals surface area contributed by atoms with Crippen molar-refractivity contribution in [1.82, 2.24) is 4.57 Å². The Bertz CT molecular complexity index is 1040. The van der Waals surface area contributed by atoms with E-state index in [0.717, 1.165) is 24.0 Å². The summed E-state index contributed by atoms with van der Waals surface area (Å²) < 4.78 is 13.3. The maximum atomic E-state index is 12.4. The third-order valence-corrected chi connectivity index (χ3v) is 6.60. The van der Waals surface area contributed by atoms with E-state index in [1.54, 1.807) is 7.11 Å². The summed E-state index contributed by atoms with van der Waals surface area (Å²) in [6.07, 6.45) is 4.50. The minimum absolute atomic E-state index is 0.0364. The number of aromatic nitrogens is 1. The van der Waals surface area contributed by atoms with Crippen LogP contribution in [0.4, 0.5) is 0 Å². The Balaban J connectivity index is 1.69. The van der Waals surface area contributed by atoms with Gasteiger partial charge < -0.3 is 19.1 Å². The maximum absolute atomic E-state index is 12.4. The van der Waals surface area contributed by atoms with Gasteiger partial charge >= 0.3 is 5.97 Å². The second-order valence-electron chi connectivity index (χ2n) is 8.61. The zero-order valence-electron chi connectivity index (χ0n) is 17.4. The van der Waals surface area contributed by atoms with E-state index < -0.39 is 11.4 Å². The van der Waals surface area contributed by atoms with Gasteiger partial charge in [0.1, 0.15) is 11.3 Å². The standard InChI is InChI=1S/C23H26ClNO5/c1-12(2)19-6-14-7-22(30-11-13-4-15(5-13)29-3)18(24)8-16(14)20-9-21(26)17(23(27)28)10-25(19)20/h7-10,12-13,15,19H,4-6,11H2,1-3H3,(H,27,28). The van der Waals surface area contributed by atoms with Crippen LogP contribution in [0.25, 0.3) is 11.3 Å². The second-order valence-corrected chi connectivity index (χ2v) is 9.02. The lowest BCUT2D eigenvalue weighted by Gasteiger charge is -2.35. The molecule has 1 aliphatic heterocycles. The Morgan fingerprint density at radius 3 is 2.67 bits per heavy atom. The zero-order valence-corrected chi connectivity index (χ0v) is 18.1. The number of benzene rings is 1. The van der Waals surface area contributed by atoms with Gasteiger partial charge in [0.25, 0.3) is 0 Å². The smallest absolute Gasteiger partial charge is 0.341 e. The van der Waals surface area contributed by atoms with Gasteiger partial charge in [0.05, 0.1) is 23.4 Å². The molecule has 1 aromatic heterocycles. The van der Waals surface area contributed by atoms with Crippen LogP contribution < -0.4 is 10.2 Å². The molecule has 1 N–H and O–H groups in total. The molecule has 1 unspecified atom stereocenters. The number of methoxy groups -OCH3 is 1. The Morgan fingerprint density at radius 1 is 1.30 bits per heavy atom. The number of pyridine rings is 1. The van der Waals surface area contributed by atoms with Crippen LogP contribution >= 0.6 is 11.6 Å². The third-order valence-electron chi connectivity index (χ3n) is 6.30. The van der Waals surface area contributed by atoms with Crippen LogP contribution in [0.5, 0.6) is 5.75 Å². The van der Waals surface area contributed by atoms with Gasteiger partial charge in [0, 0.05) is 31.0 Å². The van der Waals surface area contributed by atoms with Crippen molar-refractivity contribution in [1.29, 1.82) is 0 Å². The van der Waals surface area contributed by atoms with E-state index in [-0.39, 0.29) is 17.5 Å². The minimum Gasteiger partial charge on any atom is -0.492 e. The minimum atomic E-state index is -1.21. The Morgan fingerprint density at radius 2 is 2.03 bits per heavy atom. The van der Waals surface area contributed by atoms with Crippen LogP contribution in [-0.2, 0) is 11.2 Å². The van der Waals surface area contributed by atoms with Gasteiger partial charge in [-0.1, -0.05) is 25.4 Å². The number of fused-ring (bicyclic) bond motifs is 3. The topological polar surface area (TPSA) is 77.8 Å². The van der Waals surface area contributed by atoms with E-state index in [1.165, 1.54) is 12.3 Å². The van der Waals surface area contributed by atoms with Gasteiger partial charge in [-0.3, -0.25) is 4.79 Å². The molecular formula is C23H26ClNO5. The fourth-order valence-electron chi connectivity index (χ4n) is 4.41. The normalized spacial score (nSPS) is 22.2. The lowest BCUT2D eigenvalue weighted by molar-refractivity contribution is -0.0141. The van der Waals surface area contributed by atoms with Crippen molar-refractivity contribution in [2.24, 2.45) is 11.8 Å². The summed E-state index contributed by atoms with van der Waals surface area (Å²) in [5, 5.41) is 9.86. The lowest BCUT2D eigenvalue weighted by Crippen LogP contribution is -2.34. The largest absolute Gasteiger partial charge is 0.492 e. The molecule has 0 saturated heterocycles. The number of hydrogen-bond acceptors (Lipinski definition) is 4.